The van der Waals surface area contributed by atoms with Crippen LogP contribution in [0.2, 0.25) is 0 Å². The molecule has 1 aliphatic rings. The summed E-state index contributed by atoms with van der Waals surface area (Å²) in [5, 5.41) is 3.17. The summed E-state index contributed by atoms with van der Waals surface area (Å²) in [5.74, 6) is 1.33. The van der Waals surface area contributed by atoms with Crippen molar-refractivity contribution in [3.05, 3.63) is 5.08 Å². The maximum Gasteiger partial charge on any atom is 0.0715 e. The van der Waals surface area contributed by atoms with Crippen molar-refractivity contribution in [2.75, 3.05) is 5.75 Å². The van der Waals surface area contributed by atoms with E-state index in [1.165, 1.54) is 12.2 Å². The molecule has 0 aromatic heterocycles. The summed E-state index contributed by atoms with van der Waals surface area (Å²) in [7, 11) is 0. The van der Waals surface area contributed by atoms with Gasteiger partial charge >= 0.3 is 0 Å². The van der Waals surface area contributed by atoms with Crippen LogP contribution in [-0.2, 0) is 0 Å². The van der Waals surface area contributed by atoms with Gasteiger partial charge in [-0.25, -0.2) is 0 Å². The Bertz CT molecular complexity index is 48.0. The molecule has 0 aromatic carbocycles. The minimum Gasteiger partial charge on any atom is -0.144 e. The lowest BCUT2D eigenvalue weighted by Gasteiger charge is -1.97. The minimum absolute atomic E-state index is 0.921. The van der Waals surface area contributed by atoms with E-state index in [0.29, 0.717) is 0 Å². The second-order valence-corrected chi connectivity index (χ2v) is 3.97. The fraction of sp³-hybridized carbons (Fsp3) is 0.800. The van der Waals surface area contributed by atoms with Crippen LogP contribution in [0.4, 0.5) is 0 Å². The maximum atomic E-state index is 2.25. The second-order valence-electron chi connectivity index (χ2n) is 1.60. The predicted octanol–water partition coefficient (Wildman–Crippen LogP) is 2.36. The standard InChI is InChI=1S/C5H9S2/c1-2-5-3-6-4-7-5/h4-5H,2-3H2,1H3. The van der Waals surface area contributed by atoms with Crippen LogP contribution < -0.4 is 0 Å². The third-order valence-electron chi connectivity index (χ3n) is 1.05. The van der Waals surface area contributed by atoms with Crippen LogP contribution in [0.3, 0.4) is 0 Å². The van der Waals surface area contributed by atoms with Crippen LogP contribution in [0.5, 0.6) is 0 Å². The van der Waals surface area contributed by atoms with Gasteiger partial charge in [0.25, 0.3) is 0 Å². The van der Waals surface area contributed by atoms with Gasteiger partial charge in [-0.2, -0.15) is 0 Å². The molecule has 0 bridgehead atoms. The Hall–Kier alpha value is 0.700. The summed E-state index contributed by atoms with van der Waals surface area (Å²) in [6, 6.07) is 0. The van der Waals surface area contributed by atoms with Gasteiger partial charge in [-0.05, 0) is 6.42 Å². The van der Waals surface area contributed by atoms with Crippen molar-refractivity contribution in [2.24, 2.45) is 0 Å². The van der Waals surface area contributed by atoms with Gasteiger partial charge in [-0.1, -0.05) is 6.92 Å². The molecule has 41 valence electrons. The van der Waals surface area contributed by atoms with Gasteiger partial charge < -0.3 is 0 Å². The quantitative estimate of drug-likeness (QED) is 0.538. The minimum atomic E-state index is 0.921. The highest BCUT2D eigenvalue weighted by Crippen LogP contribution is 2.35. The molecule has 1 fully saturated rings. The molecule has 7 heavy (non-hydrogen) atoms. The van der Waals surface area contributed by atoms with Crippen LogP contribution >= 0.6 is 23.5 Å². The zero-order chi connectivity index (χ0) is 5.11. The zero-order valence-corrected chi connectivity index (χ0v) is 6.02. The highest BCUT2D eigenvalue weighted by molar-refractivity contribution is 8.22. The van der Waals surface area contributed by atoms with Gasteiger partial charge in [0, 0.05) is 11.0 Å². The Kier molecular flexibility index (Phi) is 2.40. The summed E-state index contributed by atoms with van der Waals surface area (Å²) in [6.07, 6.45) is 1.33. The van der Waals surface area contributed by atoms with Crippen molar-refractivity contribution in [1.82, 2.24) is 0 Å². The maximum absolute atomic E-state index is 2.25. The number of hydrogen-bond acceptors (Lipinski definition) is 2. The van der Waals surface area contributed by atoms with Gasteiger partial charge in [0.15, 0.2) is 0 Å². The first-order chi connectivity index (χ1) is 3.43. The fourth-order valence-electron chi connectivity index (χ4n) is 0.518. The number of thioether (sulfide) groups is 2. The highest BCUT2D eigenvalue weighted by Gasteiger charge is 2.12. The fourth-order valence-corrected chi connectivity index (χ4v) is 2.97. The first-order valence-electron chi connectivity index (χ1n) is 2.52. The lowest BCUT2D eigenvalue weighted by molar-refractivity contribution is 0.925. The van der Waals surface area contributed by atoms with Gasteiger partial charge in [-0.15, -0.1) is 23.5 Å². The van der Waals surface area contributed by atoms with Crippen molar-refractivity contribution in [2.45, 2.75) is 18.6 Å². The van der Waals surface area contributed by atoms with E-state index in [0.717, 1.165) is 5.25 Å². The zero-order valence-electron chi connectivity index (χ0n) is 4.39. The van der Waals surface area contributed by atoms with E-state index in [4.69, 9.17) is 0 Å². The van der Waals surface area contributed by atoms with Crippen LogP contribution in [0.1, 0.15) is 13.3 Å². The molecule has 1 atom stereocenters. The van der Waals surface area contributed by atoms with E-state index in [-0.39, 0.29) is 0 Å². The average molecular weight is 133 g/mol. The average Bonchev–Trinajstić information content (AvgIpc) is 2.14. The van der Waals surface area contributed by atoms with Gasteiger partial charge in [-0.3, -0.25) is 0 Å². The summed E-state index contributed by atoms with van der Waals surface area (Å²) in [4.78, 5) is 0. The van der Waals surface area contributed by atoms with Crippen LogP contribution in [-0.4, -0.2) is 11.0 Å². The number of hydrogen-bond donors (Lipinski definition) is 0. The van der Waals surface area contributed by atoms with E-state index in [1.807, 2.05) is 23.5 Å². The van der Waals surface area contributed by atoms with Crippen molar-refractivity contribution in [3.8, 4) is 0 Å². The molecule has 2 heteroatoms. The Morgan fingerprint density at radius 3 is 3.00 bits per heavy atom. The van der Waals surface area contributed by atoms with E-state index in [9.17, 15) is 0 Å². The summed E-state index contributed by atoms with van der Waals surface area (Å²) in [5.41, 5.74) is 0. The summed E-state index contributed by atoms with van der Waals surface area (Å²) in [6.45, 7) is 2.25. The third-order valence-corrected chi connectivity index (χ3v) is 3.73. The molecule has 0 aromatic rings. The topological polar surface area (TPSA) is 0 Å². The molecule has 0 aliphatic carbocycles. The van der Waals surface area contributed by atoms with Gasteiger partial charge in [0.2, 0.25) is 0 Å². The smallest absolute Gasteiger partial charge is 0.0715 e. The molecule has 1 saturated heterocycles. The third kappa shape index (κ3) is 1.57. The summed E-state index contributed by atoms with van der Waals surface area (Å²) < 4.78 is 0. The molecule has 1 rings (SSSR count). The molecule has 0 spiro atoms. The molecule has 0 N–H and O–H groups in total. The van der Waals surface area contributed by atoms with E-state index >= 15 is 0 Å². The molecule has 1 heterocycles. The molecule has 1 unspecified atom stereocenters. The SMILES string of the molecule is CCC1CS[CH]S1. The van der Waals surface area contributed by atoms with Gasteiger partial charge in [0.1, 0.15) is 0 Å². The van der Waals surface area contributed by atoms with Crippen molar-refractivity contribution in [3.63, 3.8) is 0 Å². The first kappa shape index (κ1) is 5.83. The number of rotatable bonds is 1. The lowest BCUT2D eigenvalue weighted by atomic mass is 10.4. The molecular formula is C5H9S2. The Balaban J connectivity index is 2.14. The molecule has 0 saturated carbocycles. The van der Waals surface area contributed by atoms with Gasteiger partial charge in [0.05, 0.1) is 5.08 Å². The largest absolute Gasteiger partial charge is 0.144 e. The normalized spacial score (nSPS) is 31.3. The predicted molar refractivity (Wildman–Crippen MR) is 38.4 cm³/mol. The second kappa shape index (κ2) is 2.88. The summed E-state index contributed by atoms with van der Waals surface area (Å²) >= 11 is 3.93. The van der Waals surface area contributed by atoms with Crippen LogP contribution in [0.25, 0.3) is 0 Å². The van der Waals surface area contributed by atoms with Crippen LogP contribution in [0, 0.1) is 5.08 Å². The van der Waals surface area contributed by atoms with E-state index < -0.39 is 0 Å². The van der Waals surface area contributed by atoms with Crippen LogP contribution in [0.15, 0.2) is 0 Å². The van der Waals surface area contributed by atoms with E-state index in [2.05, 4.69) is 12.0 Å². The van der Waals surface area contributed by atoms with E-state index in [1.54, 1.807) is 0 Å². The molecule has 0 nitrogen and oxygen atoms in total. The molecule has 0 amide bonds. The Morgan fingerprint density at radius 1 is 1.86 bits per heavy atom. The van der Waals surface area contributed by atoms with Crippen molar-refractivity contribution < 1.29 is 0 Å². The first-order valence-corrected chi connectivity index (χ1v) is 4.51. The Labute approximate surface area is 53.4 Å². The lowest BCUT2D eigenvalue weighted by Crippen LogP contribution is -1.95. The van der Waals surface area contributed by atoms with Crippen molar-refractivity contribution in [1.29, 1.82) is 0 Å². The molecule has 1 radical (unpaired) electrons. The molecule has 1 aliphatic heterocycles. The van der Waals surface area contributed by atoms with Crippen molar-refractivity contribution >= 4 is 23.5 Å². The monoisotopic (exact) mass is 133 g/mol. The highest BCUT2D eigenvalue weighted by atomic mass is 32.2. The molecular weight excluding hydrogens is 124 g/mol. The Morgan fingerprint density at radius 2 is 2.71 bits per heavy atom.